The van der Waals surface area contributed by atoms with Crippen molar-refractivity contribution in [3.8, 4) is 11.5 Å². The Balaban J connectivity index is 1.91. The van der Waals surface area contributed by atoms with Crippen molar-refractivity contribution in [2.24, 2.45) is 0 Å². The number of nitrogens with one attached hydrogen (secondary N) is 1. The first kappa shape index (κ1) is 18.1. The van der Waals surface area contributed by atoms with E-state index in [9.17, 15) is 14.0 Å². The van der Waals surface area contributed by atoms with Gasteiger partial charge >= 0.3 is 5.97 Å². The zero-order valence-electron chi connectivity index (χ0n) is 13.6. The number of carbonyl (C=O) groups is 2. The zero-order valence-corrected chi connectivity index (χ0v) is 13.6. The largest absolute Gasteiger partial charge is 0.469 e. The first-order valence-corrected chi connectivity index (χ1v) is 7.48. The van der Waals surface area contributed by atoms with Crippen molar-refractivity contribution in [3.63, 3.8) is 0 Å². The van der Waals surface area contributed by atoms with Crippen LogP contribution >= 0.6 is 0 Å². The van der Waals surface area contributed by atoms with Crippen LogP contribution in [0.25, 0.3) is 6.08 Å². The van der Waals surface area contributed by atoms with Gasteiger partial charge in [0.2, 0.25) is 5.91 Å². The van der Waals surface area contributed by atoms with Gasteiger partial charge in [-0.05, 0) is 35.9 Å². The number of aromatic nitrogens is 1. The molecule has 0 unspecified atom stereocenters. The van der Waals surface area contributed by atoms with E-state index in [0.29, 0.717) is 11.3 Å². The molecule has 0 fully saturated rings. The molecule has 0 aliphatic heterocycles. The van der Waals surface area contributed by atoms with Crippen LogP contribution in [0.5, 0.6) is 11.5 Å². The first-order valence-electron chi connectivity index (χ1n) is 7.48. The maximum absolute atomic E-state index is 14.1. The highest BCUT2D eigenvalue weighted by molar-refractivity contribution is 5.91. The van der Waals surface area contributed by atoms with Gasteiger partial charge in [0.25, 0.3) is 0 Å². The third-order valence-corrected chi connectivity index (χ3v) is 3.10. The average Bonchev–Trinajstić information content (AvgIpc) is 2.62. The van der Waals surface area contributed by atoms with E-state index < -0.39 is 11.8 Å². The Labute approximate surface area is 144 Å². The monoisotopic (exact) mass is 344 g/mol. The maximum Gasteiger partial charge on any atom is 0.307 e. The Hall–Kier alpha value is -3.22. The summed E-state index contributed by atoms with van der Waals surface area (Å²) in [5.41, 5.74) is 0.499. The smallest absolute Gasteiger partial charge is 0.307 e. The van der Waals surface area contributed by atoms with Crippen molar-refractivity contribution < 1.29 is 23.5 Å². The lowest BCUT2D eigenvalue weighted by Gasteiger charge is -2.06. The van der Waals surface area contributed by atoms with Gasteiger partial charge in [0.15, 0.2) is 11.6 Å². The molecule has 1 heterocycles. The van der Waals surface area contributed by atoms with Crippen LogP contribution in [-0.2, 0) is 14.3 Å². The fourth-order valence-electron chi connectivity index (χ4n) is 1.86. The summed E-state index contributed by atoms with van der Waals surface area (Å²) in [6, 6.07) is 7.69. The van der Waals surface area contributed by atoms with E-state index in [1.165, 1.54) is 37.6 Å². The number of ether oxygens (including phenoxy) is 2. The molecule has 1 aromatic carbocycles. The van der Waals surface area contributed by atoms with E-state index in [4.69, 9.17) is 4.74 Å². The van der Waals surface area contributed by atoms with Gasteiger partial charge in [-0.2, -0.15) is 0 Å². The molecule has 1 amide bonds. The molecular weight excluding hydrogens is 327 g/mol. The van der Waals surface area contributed by atoms with Crippen molar-refractivity contribution in [1.29, 1.82) is 0 Å². The van der Waals surface area contributed by atoms with Crippen LogP contribution in [0.3, 0.4) is 0 Å². The summed E-state index contributed by atoms with van der Waals surface area (Å²) in [7, 11) is 1.28. The van der Waals surface area contributed by atoms with E-state index in [1.54, 1.807) is 24.4 Å². The molecule has 0 spiro atoms. The Morgan fingerprint density at radius 2 is 2.16 bits per heavy atom. The summed E-state index contributed by atoms with van der Waals surface area (Å²) in [5.74, 6) is -0.866. The number of carbonyl (C=O) groups excluding carboxylic acids is 2. The molecule has 1 N–H and O–H groups in total. The Kier molecular flexibility index (Phi) is 6.65. The summed E-state index contributed by atoms with van der Waals surface area (Å²) < 4.78 is 23.9. The molecule has 0 saturated heterocycles. The zero-order chi connectivity index (χ0) is 18.1. The molecule has 1 aromatic heterocycles. The molecule has 25 heavy (non-hydrogen) atoms. The van der Waals surface area contributed by atoms with Crippen LogP contribution in [-0.4, -0.2) is 30.5 Å². The lowest BCUT2D eigenvalue weighted by atomic mass is 10.2. The van der Waals surface area contributed by atoms with E-state index in [1.807, 2.05) is 0 Å². The molecule has 0 aliphatic carbocycles. The van der Waals surface area contributed by atoms with E-state index in [-0.39, 0.29) is 24.6 Å². The van der Waals surface area contributed by atoms with Crippen LogP contribution in [0.4, 0.5) is 4.39 Å². The highest BCUT2D eigenvalue weighted by Gasteiger charge is 2.06. The number of benzene rings is 1. The Morgan fingerprint density at radius 1 is 1.32 bits per heavy atom. The molecule has 6 nitrogen and oxygen atoms in total. The van der Waals surface area contributed by atoms with Gasteiger partial charge in [-0.25, -0.2) is 4.39 Å². The fraction of sp³-hybridized carbons (Fsp3) is 0.167. The number of halogens is 1. The molecule has 0 aliphatic rings. The van der Waals surface area contributed by atoms with Gasteiger partial charge in [0.05, 0.1) is 19.7 Å². The molecule has 0 radical (unpaired) electrons. The number of methoxy groups -OCH3 is 1. The van der Waals surface area contributed by atoms with Gasteiger partial charge in [-0.1, -0.05) is 6.07 Å². The van der Waals surface area contributed by atoms with Crippen LogP contribution in [0, 0.1) is 5.82 Å². The molecule has 0 saturated carbocycles. The molecular formula is C18H17FN2O4. The topological polar surface area (TPSA) is 77.5 Å². The summed E-state index contributed by atoms with van der Waals surface area (Å²) in [4.78, 5) is 26.4. The summed E-state index contributed by atoms with van der Waals surface area (Å²) in [6.07, 6.45) is 5.88. The third kappa shape index (κ3) is 6.06. The molecule has 2 rings (SSSR count). The Bertz CT molecular complexity index is 763. The molecule has 0 bridgehead atoms. The van der Waals surface area contributed by atoms with Crippen molar-refractivity contribution >= 4 is 18.0 Å². The number of amides is 1. The lowest BCUT2D eigenvalue weighted by Crippen LogP contribution is -2.24. The number of hydrogen-bond donors (Lipinski definition) is 1. The molecule has 7 heteroatoms. The van der Waals surface area contributed by atoms with Crippen LogP contribution in [0.2, 0.25) is 0 Å². The minimum Gasteiger partial charge on any atom is -0.469 e. The number of rotatable bonds is 7. The molecule has 130 valence electrons. The second-order valence-electron chi connectivity index (χ2n) is 4.93. The second-order valence-corrected chi connectivity index (χ2v) is 4.93. The fourth-order valence-corrected chi connectivity index (χ4v) is 1.86. The minimum absolute atomic E-state index is 0.0627. The van der Waals surface area contributed by atoms with E-state index in [2.05, 4.69) is 15.0 Å². The summed E-state index contributed by atoms with van der Waals surface area (Å²) >= 11 is 0. The second kappa shape index (κ2) is 9.17. The average molecular weight is 344 g/mol. The van der Waals surface area contributed by atoms with Crippen LogP contribution in [0.1, 0.15) is 12.0 Å². The van der Waals surface area contributed by atoms with Crippen molar-refractivity contribution in [2.75, 3.05) is 13.7 Å². The number of esters is 1. The van der Waals surface area contributed by atoms with Crippen molar-refractivity contribution in [2.45, 2.75) is 6.42 Å². The standard InChI is InChI=1S/C18H17FN2O4/c1-24-18(23)8-10-21-17(22)7-5-13-4-6-16(15(19)11-13)25-14-3-2-9-20-12-14/h2-7,9,11-12H,8,10H2,1H3,(H,21,22)/b7-5+. The van der Waals surface area contributed by atoms with Crippen LogP contribution in [0.15, 0.2) is 48.8 Å². The minimum atomic E-state index is -0.558. The summed E-state index contributed by atoms with van der Waals surface area (Å²) in [6.45, 7) is 0.169. The van der Waals surface area contributed by atoms with Gasteiger partial charge in [0.1, 0.15) is 5.75 Å². The van der Waals surface area contributed by atoms with Gasteiger partial charge < -0.3 is 14.8 Å². The molecule has 2 aromatic rings. The highest BCUT2D eigenvalue weighted by atomic mass is 19.1. The highest BCUT2D eigenvalue weighted by Crippen LogP contribution is 2.24. The van der Waals surface area contributed by atoms with Gasteiger partial charge in [-0.3, -0.25) is 14.6 Å². The predicted molar refractivity (Wildman–Crippen MR) is 89.4 cm³/mol. The number of hydrogen-bond acceptors (Lipinski definition) is 5. The Morgan fingerprint density at radius 3 is 2.84 bits per heavy atom. The lowest BCUT2D eigenvalue weighted by molar-refractivity contribution is -0.140. The normalized spacial score (nSPS) is 10.5. The number of nitrogens with zero attached hydrogens (tertiary/aromatic N) is 1. The maximum atomic E-state index is 14.1. The van der Waals surface area contributed by atoms with Gasteiger partial charge in [-0.15, -0.1) is 0 Å². The van der Waals surface area contributed by atoms with Crippen molar-refractivity contribution in [1.82, 2.24) is 10.3 Å². The quantitative estimate of drug-likeness (QED) is 0.617. The number of pyridine rings is 1. The van der Waals surface area contributed by atoms with Crippen LogP contribution < -0.4 is 10.1 Å². The summed E-state index contributed by atoms with van der Waals surface area (Å²) in [5, 5.41) is 2.52. The SMILES string of the molecule is COC(=O)CCNC(=O)/C=C/c1ccc(Oc2cccnc2)c(F)c1. The predicted octanol–water partition coefficient (Wildman–Crippen LogP) is 2.71. The third-order valence-electron chi connectivity index (χ3n) is 3.10. The molecule has 0 atom stereocenters. The van der Waals surface area contributed by atoms with E-state index >= 15 is 0 Å². The van der Waals surface area contributed by atoms with Gasteiger partial charge in [0, 0.05) is 18.8 Å². The first-order chi connectivity index (χ1) is 12.1. The van der Waals surface area contributed by atoms with E-state index in [0.717, 1.165) is 0 Å². The van der Waals surface area contributed by atoms with Crippen molar-refractivity contribution in [3.05, 3.63) is 60.2 Å².